The molecule has 10 aromatic rings. The summed E-state index contributed by atoms with van der Waals surface area (Å²) in [7, 11) is 0. The van der Waals surface area contributed by atoms with Gasteiger partial charge in [0.25, 0.3) is 0 Å². The summed E-state index contributed by atoms with van der Waals surface area (Å²) >= 11 is 1.86. The van der Waals surface area contributed by atoms with E-state index in [1.54, 1.807) is 0 Å². The number of hydrogen-bond donors (Lipinski definition) is 0. The van der Waals surface area contributed by atoms with Crippen LogP contribution in [0.1, 0.15) is 27.8 Å². The van der Waals surface area contributed by atoms with Crippen LogP contribution in [0.15, 0.2) is 176 Å². The molecular weight excluding hydrogens is 697 g/mol. The fraction of sp³-hybridized carbons (Fsp3) is 0.0370. The Bertz CT molecular complexity index is 3320. The van der Waals surface area contributed by atoms with Gasteiger partial charge in [0.15, 0.2) is 0 Å². The highest BCUT2D eigenvalue weighted by atomic mass is 32.1. The molecule has 260 valence electrons. The van der Waals surface area contributed by atoms with Crippen LogP contribution in [0.3, 0.4) is 0 Å². The van der Waals surface area contributed by atoms with E-state index in [-0.39, 0.29) is 5.41 Å². The zero-order valence-corrected chi connectivity index (χ0v) is 31.4. The number of benzene rings is 9. The van der Waals surface area contributed by atoms with Gasteiger partial charge in [-0.2, -0.15) is 0 Å². The molecule has 0 saturated carbocycles. The second kappa shape index (κ2) is 10.9. The van der Waals surface area contributed by atoms with Crippen LogP contribution < -0.4 is 4.74 Å². The van der Waals surface area contributed by atoms with Crippen molar-refractivity contribution >= 4 is 42.3 Å². The minimum absolute atomic E-state index is 0.381. The molecule has 0 fully saturated rings. The highest BCUT2D eigenvalue weighted by molar-refractivity contribution is 7.25. The van der Waals surface area contributed by atoms with Crippen LogP contribution in [0.5, 0.6) is 11.5 Å². The third-order valence-corrected chi connectivity index (χ3v) is 13.9. The van der Waals surface area contributed by atoms with E-state index in [0.717, 1.165) is 17.1 Å². The van der Waals surface area contributed by atoms with E-state index in [4.69, 9.17) is 4.74 Å². The van der Waals surface area contributed by atoms with Crippen molar-refractivity contribution in [1.29, 1.82) is 0 Å². The van der Waals surface area contributed by atoms with Crippen molar-refractivity contribution in [2.45, 2.75) is 12.3 Å². The maximum atomic E-state index is 6.79. The van der Waals surface area contributed by atoms with Gasteiger partial charge in [-0.15, -0.1) is 11.3 Å². The minimum atomic E-state index is -0.381. The molecular formula is C54H32OS. The van der Waals surface area contributed by atoms with E-state index in [1.807, 2.05) is 11.3 Å². The fourth-order valence-electron chi connectivity index (χ4n) is 10.5. The molecule has 9 aromatic carbocycles. The lowest BCUT2D eigenvalue weighted by Gasteiger charge is -2.30. The first-order valence-corrected chi connectivity index (χ1v) is 20.2. The molecule has 1 nitrogen and oxygen atoms in total. The van der Waals surface area contributed by atoms with Crippen LogP contribution in [-0.4, -0.2) is 0 Å². The van der Waals surface area contributed by atoms with Crippen LogP contribution >= 0.6 is 11.3 Å². The summed E-state index contributed by atoms with van der Waals surface area (Å²) in [6.45, 7) is 2.23. The standard InChI is InChI=1S/C54H32OS/c1-31-27-42-34(38-15-10-19-47-52(38)39-14-4-8-18-46(39)54(47)44-16-6-2-11-35(44)36-12-3-7-17-45(36)54)23-25-49-53(42)43(28-31)40-29-32(21-24-48(40)55-49)33-22-26-51-41(30-33)37-13-5-9-20-50(37)56-51/h2-30H,1H3. The molecule has 1 aromatic heterocycles. The molecule has 13 rings (SSSR count). The third kappa shape index (κ3) is 3.84. The molecule has 1 aliphatic heterocycles. The van der Waals surface area contributed by atoms with Crippen LogP contribution in [0, 0.1) is 6.92 Å². The Morgan fingerprint density at radius 3 is 1.84 bits per heavy atom. The van der Waals surface area contributed by atoms with E-state index >= 15 is 0 Å². The predicted octanol–water partition coefficient (Wildman–Crippen LogP) is 15.0. The number of fused-ring (bicyclic) bond motifs is 15. The molecule has 2 heterocycles. The van der Waals surface area contributed by atoms with Gasteiger partial charge in [0.1, 0.15) is 11.5 Å². The van der Waals surface area contributed by atoms with Crippen LogP contribution in [0.25, 0.3) is 86.6 Å². The van der Waals surface area contributed by atoms with Gasteiger partial charge in [0, 0.05) is 31.1 Å². The number of ether oxygens (including phenoxy) is 1. The summed E-state index contributed by atoms with van der Waals surface area (Å²) in [4.78, 5) is 0. The van der Waals surface area contributed by atoms with E-state index in [2.05, 4.69) is 183 Å². The summed E-state index contributed by atoms with van der Waals surface area (Å²) in [5.74, 6) is 1.81. The topological polar surface area (TPSA) is 9.23 Å². The molecule has 0 bridgehead atoms. The van der Waals surface area contributed by atoms with Crippen molar-refractivity contribution in [2.24, 2.45) is 0 Å². The van der Waals surface area contributed by atoms with Gasteiger partial charge in [-0.3, -0.25) is 0 Å². The molecule has 0 atom stereocenters. The Kier molecular flexibility index (Phi) is 5.97. The Balaban J connectivity index is 1.03. The smallest absolute Gasteiger partial charge is 0.135 e. The highest BCUT2D eigenvalue weighted by Gasteiger charge is 2.52. The van der Waals surface area contributed by atoms with Crippen molar-refractivity contribution in [2.75, 3.05) is 0 Å². The van der Waals surface area contributed by atoms with Gasteiger partial charge in [0.05, 0.1) is 5.41 Å². The first kappa shape index (κ1) is 30.6. The van der Waals surface area contributed by atoms with Crippen molar-refractivity contribution < 1.29 is 4.74 Å². The summed E-state index contributed by atoms with van der Waals surface area (Å²) < 4.78 is 9.44. The normalized spacial score (nSPS) is 13.7. The van der Waals surface area contributed by atoms with E-state index in [1.165, 1.54) is 109 Å². The number of aryl methyl sites for hydroxylation is 1. The van der Waals surface area contributed by atoms with Crippen molar-refractivity contribution in [3.8, 4) is 67.1 Å². The SMILES string of the molecule is Cc1cc2c3c(ccc(-c4cccc5c4-c4ccccc4C54c5ccccc5-c5ccccc54)c3c1)Oc1ccc(-c3ccc4sc5ccccc5c4c3)cc1-2. The lowest BCUT2D eigenvalue weighted by molar-refractivity contribution is 0.487. The Morgan fingerprint density at radius 1 is 0.393 bits per heavy atom. The summed E-state index contributed by atoms with van der Waals surface area (Å²) in [6, 6.07) is 65.7. The zero-order chi connectivity index (χ0) is 36.7. The second-order valence-electron chi connectivity index (χ2n) is 15.6. The van der Waals surface area contributed by atoms with E-state index in [9.17, 15) is 0 Å². The maximum Gasteiger partial charge on any atom is 0.135 e. The number of thiophene rings is 1. The average molecular weight is 729 g/mol. The van der Waals surface area contributed by atoms with Gasteiger partial charge in [-0.05, 0) is 127 Å². The minimum Gasteiger partial charge on any atom is -0.456 e. The number of hydrogen-bond acceptors (Lipinski definition) is 2. The molecule has 56 heavy (non-hydrogen) atoms. The predicted molar refractivity (Wildman–Crippen MR) is 234 cm³/mol. The quantitative estimate of drug-likeness (QED) is 0.172. The lowest BCUT2D eigenvalue weighted by atomic mass is 9.70. The molecule has 0 amide bonds. The fourth-order valence-corrected chi connectivity index (χ4v) is 11.6. The molecule has 2 heteroatoms. The monoisotopic (exact) mass is 728 g/mol. The molecule has 1 spiro atoms. The van der Waals surface area contributed by atoms with Crippen LogP contribution in [0.2, 0.25) is 0 Å². The Labute approximate surface area is 328 Å². The molecule has 3 aliphatic rings. The third-order valence-electron chi connectivity index (χ3n) is 12.7. The van der Waals surface area contributed by atoms with Gasteiger partial charge < -0.3 is 4.74 Å². The van der Waals surface area contributed by atoms with Crippen molar-refractivity contribution in [3.05, 3.63) is 204 Å². The molecule has 0 radical (unpaired) electrons. The van der Waals surface area contributed by atoms with Gasteiger partial charge in [0.2, 0.25) is 0 Å². The summed E-state index contributed by atoms with van der Waals surface area (Å²) in [5, 5.41) is 5.03. The van der Waals surface area contributed by atoms with Crippen LogP contribution in [0.4, 0.5) is 0 Å². The van der Waals surface area contributed by atoms with Gasteiger partial charge >= 0.3 is 0 Å². The lowest BCUT2D eigenvalue weighted by Crippen LogP contribution is -2.25. The average Bonchev–Trinajstić information content (AvgIpc) is 3.87. The first-order valence-electron chi connectivity index (χ1n) is 19.4. The largest absolute Gasteiger partial charge is 0.456 e. The van der Waals surface area contributed by atoms with Crippen molar-refractivity contribution in [3.63, 3.8) is 0 Å². The number of rotatable bonds is 2. The molecule has 0 unspecified atom stereocenters. The van der Waals surface area contributed by atoms with E-state index in [0.29, 0.717) is 0 Å². The van der Waals surface area contributed by atoms with Crippen molar-refractivity contribution in [1.82, 2.24) is 0 Å². The van der Waals surface area contributed by atoms with E-state index < -0.39 is 0 Å². The summed E-state index contributed by atoms with van der Waals surface area (Å²) in [6.07, 6.45) is 0. The molecule has 0 N–H and O–H groups in total. The van der Waals surface area contributed by atoms with Gasteiger partial charge in [-0.1, -0.05) is 140 Å². The molecule has 0 saturated heterocycles. The Morgan fingerprint density at radius 2 is 1.02 bits per heavy atom. The highest BCUT2D eigenvalue weighted by Crippen LogP contribution is 2.64. The molecule has 2 aliphatic carbocycles. The zero-order valence-electron chi connectivity index (χ0n) is 30.6. The van der Waals surface area contributed by atoms with Crippen LogP contribution in [-0.2, 0) is 5.41 Å². The Hall–Kier alpha value is -6.74. The maximum absolute atomic E-state index is 6.79. The summed E-state index contributed by atoms with van der Waals surface area (Å²) in [5.41, 5.74) is 18.8. The second-order valence-corrected chi connectivity index (χ2v) is 16.7. The van der Waals surface area contributed by atoms with Gasteiger partial charge in [-0.25, -0.2) is 0 Å². The first-order chi connectivity index (χ1) is 27.7.